The van der Waals surface area contributed by atoms with E-state index in [1.54, 1.807) is 7.11 Å². The van der Waals surface area contributed by atoms with Crippen molar-refractivity contribution in [2.45, 2.75) is 101 Å². The quantitative estimate of drug-likeness (QED) is 0.680. The van der Waals surface area contributed by atoms with Gasteiger partial charge in [0, 0.05) is 24.9 Å². The van der Waals surface area contributed by atoms with Crippen LogP contribution in [0.4, 0.5) is 0 Å². The van der Waals surface area contributed by atoms with Gasteiger partial charge < -0.3 is 38.3 Å². The third-order valence-electron chi connectivity index (χ3n) is 7.74. The Labute approximate surface area is 177 Å². The fraction of sp³-hybridized carbons (Fsp3) is 0.955. The predicted octanol–water partition coefficient (Wildman–Crippen LogP) is 1.77. The fourth-order valence-corrected chi connectivity index (χ4v) is 5.84. The number of aldehydes is 1. The van der Waals surface area contributed by atoms with Gasteiger partial charge in [-0.1, -0.05) is 0 Å². The average Bonchev–Trinajstić information content (AvgIpc) is 3.26. The Morgan fingerprint density at radius 3 is 2.13 bits per heavy atom. The zero-order chi connectivity index (χ0) is 20.7. The minimum Gasteiger partial charge on any atom is -0.381 e. The summed E-state index contributed by atoms with van der Waals surface area (Å²) in [6, 6.07) is 0. The first-order chi connectivity index (χ1) is 14.7. The van der Waals surface area contributed by atoms with Crippen LogP contribution in [0, 0.1) is 17.8 Å². The molecule has 1 N–H and O–H groups in total. The summed E-state index contributed by atoms with van der Waals surface area (Å²) in [4.78, 5) is 11.0. The summed E-state index contributed by atoms with van der Waals surface area (Å²) >= 11 is 0. The van der Waals surface area contributed by atoms with Gasteiger partial charge >= 0.3 is 0 Å². The number of methoxy groups -OCH3 is 1. The van der Waals surface area contributed by atoms with E-state index in [-0.39, 0.29) is 42.7 Å². The van der Waals surface area contributed by atoms with Crippen molar-refractivity contribution in [3.63, 3.8) is 0 Å². The number of aliphatic hydroxyl groups is 1. The van der Waals surface area contributed by atoms with Crippen molar-refractivity contribution < 1.29 is 38.3 Å². The van der Waals surface area contributed by atoms with Crippen LogP contribution in [0.5, 0.6) is 0 Å². The highest BCUT2D eigenvalue weighted by atomic mass is 16.8. The molecule has 0 amide bonds. The van der Waals surface area contributed by atoms with Gasteiger partial charge in [-0.05, 0) is 51.4 Å². The molecular formula is C22H34O8. The number of rotatable bonds is 4. The van der Waals surface area contributed by atoms with Gasteiger partial charge in [0.15, 0.2) is 18.9 Å². The highest BCUT2D eigenvalue weighted by Crippen LogP contribution is 2.43. The standard InChI is InChI=1S/C22H34O8/c1-25-15-8-6-13(7-9-15)21-26-11-16-17(28-21)18-19(20(24)27-16)30-22(29-18)14-4-2-12(10-23)3-5-14/h10,12-22,24H,2-9,11H2,1H3. The second-order valence-corrected chi connectivity index (χ2v) is 9.52. The number of carbonyl (C=O) groups excluding carboxylic acids is 1. The minimum atomic E-state index is -1.05. The van der Waals surface area contributed by atoms with Crippen LogP contribution in [0.15, 0.2) is 0 Å². The predicted molar refractivity (Wildman–Crippen MR) is 103 cm³/mol. The molecule has 5 rings (SSSR count). The van der Waals surface area contributed by atoms with Crippen molar-refractivity contribution in [1.82, 2.24) is 0 Å². The summed E-state index contributed by atoms with van der Waals surface area (Å²) < 4.78 is 36.1. The average molecular weight is 427 g/mol. The van der Waals surface area contributed by atoms with Gasteiger partial charge in [-0.3, -0.25) is 0 Å². The normalized spacial score (nSPS) is 51.7. The molecule has 7 unspecified atom stereocenters. The molecule has 0 radical (unpaired) electrons. The Hall–Kier alpha value is -0.610. The molecule has 0 bridgehead atoms. The SMILES string of the molecule is COC1CCC(C2OCC3OC(O)C4OC(C5CCC(C=O)CC5)OC4C3O2)CC1. The maximum Gasteiger partial charge on any atom is 0.184 e. The van der Waals surface area contributed by atoms with Crippen LogP contribution in [0.3, 0.4) is 0 Å². The summed E-state index contributed by atoms with van der Waals surface area (Å²) in [6.07, 6.45) is 5.68. The van der Waals surface area contributed by atoms with Crippen LogP contribution in [-0.4, -0.2) is 74.5 Å². The second-order valence-electron chi connectivity index (χ2n) is 9.52. The third kappa shape index (κ3) is 4.08. The molecule has 3 saturated heterocycles. The zero-order valence-corrected chi connectivity index (χ0v) is 17.6. The van der Waals surface area contributed by atoms with Crippen LogP contribution >= 0.6 is 0 Å². The molecule has 0 aromatic carbocycles. The summed E-state index contributed by atoms with van der Waals surface area (Å²) in [5.41, 5.74) is 0. The zero-order valence-electron chi connectivity index (χ0n) is 17.6. The van der Waals surface area contributed by atoms with Gasteiger partial charge in [-0.2, -0.15) is 0 Å². The summed E-state index contributed by atoms with van der Waals surface area (Å²) in [5.74, 6) is 0.716. The minimum absolute atomic E-state index is 0.149. The topological polar surface area (TPSA) is 92.7 Å². The van der Waals surface area contributed by atoms with Gasteiger partial charge in [0.1, 0.15) is 30.7 Å². The highest BCUT2D eigenvalue weighted by Gasteiger charge is 2.56. The van der Waals surface area contributed by atoms with Crippen molar-refractivity contribution in [2.24, 2.45) is 17.8 Å². The van der Waals surface area contributed by atoms with E-state index >= 15 is 0 Å². The highest BCUT2D eigenvalue weighted by molar-refractivity contribution is 5.53. The molecule has 2 saturated carbocycles. The van der Waals surface area contributed by atoms with Crippen molar-refractivity contribution in [2.75, 3.05) is 13.7 Å². The number of hydrogen-bond donors (Lipinski definition) is 1. The van der Waals surface area contributed by atoms with E-state index in [2.05, 4.69) is 0 Å². The van der Waals surface area contributed by atoms with Crippen LogP contribution in [0.25, 0.3) is 0 Å². The number of fused-ring (bicyclic) bond motifs is 3. The van der Waals surface area contributed by atoms with E-state index < -0.39 is 12.4 Å². The van der Waals surface area contributed by atoms with E-state index in [1.165, 1.54) is 0 Å². The van der Waals surface area contributed by atoms with Crippen molar-refractivity contribution in [1.29, 1.82) is 0 Å². The molecule has 0 aromatic rings. The molecule has 0 aromatic heterocycles. The number of hydrogen-bond acceptors (Lipinski definition) is 8. The molecule has 5 fully saturated rings. The van der Waals surface area contributed by atoms with E-state index in [1.807, 2.05) is 0 Å². The van der Waals surface area contributed by atoms with Crippen molar-refractivity contribution in [3.8, 4) is 0 Å². The second kappa shape index (κ2) is 9.10. The van der Waals surface area contributed by atoms with Crippen LogP contribution in [0.1, 0.15) is 51.4 Å². The van der Waals surface area contributed by atoms with E-state index in [4.69, 9.17) is 28.4 Å². The molecule has 30 heavy (non-hydrogen) atoms. The maximum atomic E-state index is 11.0. The Kier molecular flexibility index (Phi) is 6.44. The van der Waals surface area contributed by atoms with Crippen molar-refractivity contribution >= 4 is 6.29 Å². The lowest BCUT2D eigenvalue weighted by molar-refractivity contribution is -0.347. The lowest BCUT2D eigenvalue weighted by atomic mass is 9.82. The van der Waals surface area contributed by atoms with E-state index in [9.17, 15) is 9.90 Å². The first-order valence-electron chi connectivity index (χ1n) is 11.6. The number of aliphatic hydroxyl groups excluding tert-OH is 1. The van der Waals surface area contributed by atoms with E-state index in [0.717, 1.165) is 57.7 Å². The number of ether oxygens (including phenoxy) is 6. The largest absolute Gasteiger partial charge is 0.381 e. The molecule has 3 heterocycles. The Balaban J connectivity index is 1.22. The molecule has 7 atom stereocenters. The van der Waals surface area contributed by atoms with Crippen molar-refractivity contribution in [3.05, 3.63) is 0 Å². The molecule has 8 nitrogen and oxygen atoms in total. The van der Waals surface area contributed by atoms with Crippen LogP contribution in [0.2, 0.25) is 0 Å². The van der Waals surface area contributed by atoms with Crippen LogP contribution < -0.4 is 0 Å². The van der Waals surface area contributed by atoms with Gasteiger partial charge in [-0.25, -0.2) is 0 Å². The molecular weight excluding hydrogens is 392 g/mol. The van der Waals surface area contributed by atoms with Crippen LogP contribution in [-0.2, 0) is 33.2 Å². The molecule has 5 aliphatic rings. The number of carbonyl (C=O) groups is 1. The monoisotopic (exact) mass is 426 g/mol. The first-order valence-corrected chi connectivity index (χ1v) is 11.6. The lowest BCUT2D eigenvalue weighted by Gasteiger charge is -2.46. The molecule has 8 heteroatoms. The summed E-state index contributed by atoms with van der Waals surface area (Å²) in [6.45, 7) is 0.387. The Morgan fingerprint density at radius 1 is 0.800 bits per heavy atom. The van der Waals surface area contributed by atoms with Gasteiger partial charge in [0.05, 0.1) is 12.7 Å². The van der Waals surface area contributed by atoms with Gasteiger partial charge in [-0.15, -0.1) is 0 Å². The summed E-state index contributed by atoms with van der Waals surface area (Å²) in [7, 11) is 1.77. The molecule has 0 spiro atoms. The maximum absolute atomic E-state index is 11.0. The van der Waals surface area contributed by atoms with E-state index in [0.29, 0.717) is 18.6 Å². The lowest BCUT2D eigenvalue weighted by Crippen LogP contribution is -2.62. The molecule has 170 valence electrons. The summed E-state index contributed by atoms with van der Waals surface area (Å²) in [5, 5.41) is 10.5. The first kappa shape index (κ1) is 21.2. The van der Waals surface area contributed by atoms with Gasteiger partial charge in [0.2, 0.25) is 0 Å². The molecule has 2 aliphatic carbocycles. The fourth-order valence-electron chi connectivity index (χ4n) is 5.84. The van der Waals surface area contributed by atoms with Gasteiger partial charge in [0.25, 0.3) is 0 Å². The molecule has 3 aliphatic heterocycles. The Bertz CT molecular complexity index is 586. The Morgan fingerprint density at radius 2 is 1.43 bits per heavy atom. The smallest absolute Gasteiger partial charge is 0.184 e. The third-order valence-corrected chi connectivity index (χ3v) is 7.74.